The number of carboxylic acids is 1. The van der Waals surface area contributed by atoms with E-state index < -0.39 is 11.9 Å². The van der Waals surface area contributed by atoms with E-state index in [0.717, 1.165) is 25.7 Å². The van der Waals surface area contributed by atoms with Gasteiger partial charge in [-0.2, -0.15) is 0 Å². The predicted molar refractivity (Wildman–Crippen MR) is 56.4 cm³/mol. The highest BCUT2D eigenvalue weighted by molar-refractivity contribution is 5.82. The van der Waals surface area contributed by atoms with Crippen LogP contribution in [0, 0.1) is 11.8 Å². The number of amides is 1. The van der Waals surface area contributed by atoms with Crippen molar-refractivity contribution in [1.29, 1.82) is 0 Å². The zero-order valence-electron chi connectivity index (χ0n) is 9.16. The lowest BCUT2D eigenvalue weighted by Crippen LogP contribution is -2.29. The van der Waals surface area contributed by atoms with Crippen LogP contribution in [0.15, 0.2) is 0 Å². The van der Waals surface area contributed by atoms with Crippen molar-refractivity contribution in [2.75, 3.05) is 6.54 Å². The van der Waals surface area contributed by atoms with Crippen LogP contribution in [0.4, 0.5) is 0 Å². The summed E-state index contributed by atoms with van der Waals surface area (Å²) in [6.45, 7) is 2.71. The number of hydrogen-bond acceptors (Lipinski definition) is 2. The third kappa shape index (κ3) is 4.32. The van der Waals surface area contributed by atoms with Crippen molar-refractivity contribution >= 4 is 11.9 Å². The molecule has 2 N–H and O–H groups in total. The quantitative estimate of drug-likeness (QED) is 0.628. The van der Waals surface area contributed by atoms with Gasteiger partial charge in [-0.05, 0) is 25.2 Å². The minimum absolute atomic E-state index is 0.122. The van der Waals surface area contributed by atoms with E-state index in [1.165, 1.54) is 0 Å². The lowest BCUT2D eigenvalue weighted by molar-refractivity contribution is -0.144. The highest BCUT2D eigenvalue weighted by Crippen LogP contribution is 2.38. The molecular formula is C11H19NO3. The van der Waals surface area contributed by atoms with Crippen LogP contribution >= 0.6 is 0 Å². The molecule has 0 aromatic heterocycles. The first-order valence-electron chi connectivity index (χ1n) is 5.64. The molecule has 1 rings (SSSR count). The van der Waals surface area contributed by atoms with Gasteiger partial charge in [0.2, 0.25) is 5.91 Å². The Kier molecular flexibility index (Phi) is 4.59. The molecule has 1 amide bonds. The molecule has 0 aliphatic heterocycles. The number of carbonyl (C=O) groups is 2. The molecule has 0 aromatic rings. The first-order valence-corrected chi connectivity index (χ1v) is 5.64. The first kappa shape index (κ1) is 12.0. The van der Waals surface area contributed by atoms with Gasteiger partial charge < -0.3 is 10.4 Å². The summed E-state index contributed by atoms with van der Waals surface area (Å²) < 4.78 is 0. The average Bonchev–Trinajstić information content (AvgIpc) is 2.97. The van der Waals surface area contributed by atoms with Crippen LogP contribution in [0.1, 0.15) is 39.0 Å². The summed E-state index contributed by atoms with van der Waals surface area (Å²) in [5.74, 6) is -1.18. The van der Waals surface area contributed by atoms with Gasteiger partial charge >= 0.3 is 5.97 Å². The van der Waals surface area contributed by atoms with Crippen molar-refractivity contribution in [1.82, 2.24) is 5.32 Å². The fourth-order valence-corrected chi connectivity index (χ4v) is 1.63. The van der Waals surface area contributed by atoms with E-state index in [1.807, 2.05) is 0 Å². The zero-order chi connectivity index (χ0) is 11.3. The molecule has 0 heterocycles. The van der Waals surface area contributed by atoms with Crippen LogP contribution in [-0.4, -0.2) is 23.5 Å². The van der Waals surface area contributed by atoms with Crippen LogP contribution < -0.4 is 5.32 Å². The summed E-state index contributed by atoms with van der Waals surface area (Å²) in [6, 6.07) is 0. The molecule has 0 bridgehead atoms. The molecule has 1 aliphatic carbocycles. The zero-order valence-corrected chi connectivity index (χ0v) is 9.16. The monoisotopic (exact) mass is 213 g/mol. The molecule has 0 aromatic carbocycles. The molecule has 15 heavy (non-hydrogen) atoms. The normalized spacial score (nSPS) is 17.1. The smallest absolute Gasteiger partial charge is 0.307 e. The van der Waals surface area contributed by atoms with Gasteiger partial charge in [0.1, 0.15) is 0 Å². The second kappa shape index (κ2) is 5.73. The number of nitrogens with one attached hydrogen (secondary N) is 1. The molecule has 4 nitrogen and oxygen atoms in total. The Hall–Kier alpha value is -1.06. The second-order valence-corrected chi connectivity index (χ2v) is 4.19. The van der Waals surface area contributed by atoms with Gasteiger partial charge in [-0.25, -0.2) is 0 Å². The summed E-state index contributed by atoms with van der Waals surface area (Å²) in [4.78, 5) is 22.3. The number of carboxylic acid groups (broad SMARTS) is 1. The molecule has 1 aliphatic rings. The molecule has 86 valence electrons. The van der Waals surface area contributed by atoms with Crippen molar-refractivity contribution in [3.63, 3.8) is 0 Å². The Balaban J connectivity index is 2.24. The van der Waals surface area contributed by atoms with E-state index >= 15 is 0 Å². The van der Waals surface area contributed by atoms with Gasteiger partial charge in [0.25, 0.3) is 0 Å². The van der Waals surface area contributed by atoms with E-state index in [0.29, 0.717) is 6.54 Å². The number of rotatable bonds is 7. The van der Waals surface area contributed by atoms with Crippen LogP contribution in [0.5, 0.6) is 0 Å². The maximum Gasteiger partial charge on any atom is 0.307 e. The predicted octanol–water partition coefficient (Wildman–Crippen LogP) is 1.40. The van der Waals surface area contributed by atoms with Gasteiger partial charge in [0.15, 0.2) is 0 Å². The van der Waals surface area contributed by atoms with Crippen molar-refractivity contribution in [3.8, 4) is 0 Å². The fourth-order valence-electron chi connectivity index (χ4n) is 1.63. The fraction of sp³-hybridized carbons (Fsp3) is 0.818. The van der Waals surface area contributed by atoms with Crippen LogP contribution in [-0.2, 0) is 9.59 Å². The SMILES string of the molecule is CCCCNC(=O)CC(C(=O)O)C1CC1. The minimum Gasteiger partial charge on any atom is -0.481 e. The Bertz CT molecular complexity index is 236. The van der Waals surface area contributed by atoms with Crippen LogP contribution in [0.2, 0.25) is 0 Å². The maximum absolute atomic E-state index is 11.4. The lowest BCUT2D eigenvalue weighted by atomic mass is 9.99. The van der Waals surface area contributed by atoms with E-state index in [-0.39, 0.29) is 18.2 Å². The van der Waals surface area contributed by atoms with E-state index in [4.69, 9.17) is 5.11 Å². The third-order valence-electron chi connectivity index (χ3n) is 2.77. The Morgan fingerprint density at radius 1 is 1.47 bits per heavy atom. The molecule has 0 saturated heterocycles. The third-order valence-corrected chi connectivity index (χ3v) is 2.77. The summed E-state index contributed by atoms with van der Waals surface area (Å²) in [6.07, 6.45) is 4.04. The highest BCUT2D eigenvalue weighted by Gasteiger charge is 2.37. The molecule has 1 fully saturated rings. The van der Waals surface area contributed by atoms with Crippen molar-refractivity contribution in [2.24, 2.45) is 11.8 Å². The van der Waals surface area contributed by atoms with Crippen molar-refractivity contribution < 1.29 is 14.7 Å². The number of unbranched alkanes of at least 4 members (excludes halogenated alkanes) is 1. The topological polar surface area (TPSA) is 66.4 Å². The number of hydrogen-bond donors (Lipinski definition) is 2. The lowest BCUT2D eigenvalue weighted by Gasteiger charge is -2.10. The molecule has 0 radical (unpaired) electrons. The average molecular weight is 213 g/mol. The first-order chi connectivity index (χ1) is 7.15. The molecule has 1 atom stereocenters. The second-order valence-electron chi connectivity index (χ2n) is 4.19. The van der Waals surface area contributed by atoms with Crippen molar-refractivity contribution in [2.45, 2.75) is 39.0 Å². The molecular weight excluding hydrogens is 194 g/mol. The minimum atomic E-state index is -0.830. The molecule has 1 unspecified atom stereocenters. The molecule has 0 spiro atoms. The molecule has 4 heteroatoms. The Morgan fingerprint density at radius 2 is 2.13 bits per heavy atom. The standard InChI is InChI=1S/C11H19NO3/c1-2-3-6-12-10(13)7-9(11(14)15)8-4-5-8/h8-9H,2-7H2,1H3,(H,12,13)(H,14,15). The van der Waals surface area contributed by atoms with Gasteiger partial charge in [-0.1, -0.05) is 13.3 Å². The van der Waals surface area contributed by atoms with E-state index in [9.17, 15) is 9.59 Å². The maximum atomic E-state index is 11.4. The largest absolute Gasteiger partial charge is 0.481 e. The Morgan fingerprint density at radius 3 is 2.60 bits per heavy atom. The van der Waals surface area contributed by atoms with Gasteiger partial charge in [-0.15, -0.1) is 0 Å². The van der Waals surface area contributed by atoms with Gasteiger partial charge in [0.05, 0.1) is 5.92 Å². The van der Waals surface area contributed by atoms with Crippen LogP contribution in [0.25, 0.3) is 0 Å². The molecule has 1 saturated carbocycles. The Labute approximate surface area is 90.0 Å². The summed E-state index contributed by atoms with van der Waals surface area (Å²) in [5, 5.41) is 11.7. The van der Waals surface area contributed by atoms with E-state index in [1.54, 1.807) is 0 Å². The van der Waals surface area contributed by atoms with Gasteiger partial charge in [0, 0.05) is 13.0 Å². The summed E-state index contributed by atoms with van der Waals surface area (Å²) >= 11 is 0. The van der Waals surface area contributed by atoms with Crippen molar-refractivity contribution in [3.05, 3.63) is 0 Å². The number of aliphatic carboxylic acids is 1. The number of carbonyl (C=O) groups excluding carboxylic acids is 1. The van der Waals surface area contributed by atoms with Gasteiger partial charge in [-0.3, -0.25) is 9.59 Å². The summed E-state index contributed by atoms with van der Waals surface area (Å²) in [5.41, 5.74) is 0. The van der Waals surface area contributed by atoms with E-state index in [2.05, 4.69) is 12.2 Å². The van der Waals surface area contributed by atoms with Crippen LogP contribution in [0.3, 0.4) is 0 Å². The highest BCUT2D eigenvalue weighted by atomic mass is 16.4. The summed E-state index contributed by atoms with van der Waals surface area (Å²) in [7, 11) is 0.